The summed E-state index contributed by atoms with van der Waals surface area (Å²) in [6.45, 7) is 0. The topological polar surface area (TPSA) is 109 Å². The average Bonchev–Trinajstić information content (AvgIpc) is 2.77. The second-order valence-electron chi connectivity index (χ2n) is 7.34. The fraction of sp³-hybridized carbons (Fsp3) is 0.130. The number of anilines is 3. The van der Waals surface area contributed by atoms with Crippen LogP contribution in [0.4, 0.5) is 17.1 Å². The Balaban J connectivity index is 1.94. The molecule has 1 aromatic heterocycles. The molecule has 1 heterocycles. The molecule has 0 fully saturated rings. The standard InChI is InChI=1S/C23H21ClN4O4S/c1-25-23(29)17-6-4-5-16-21(15-9-7-13(24)11-19(15)27-22(16)17)26-18-10-8-14(12-20(18)32-2)28-33(3,30)31/h4-12,28H,1-3H3,(H,25,29)(H,26,27). The van der Waals surface area contributed by atoms with Crippen molar-refractivity contribution in [1.82, 2.24) is 10.3 Å². The maximum Gasteiger partial charge on any atom is 0.253 e. The van der Waals surface area contributed by atoms with Crippen LogP contribution in [0.5, 0.6) is 5.75 Å². The zero-order valence-corrected chi connectivity index (χ0v) is 19.6. The summed E-state index contributed by atoms with van der Waals surface area (Å²) in [5, 5.41) is 8.07. The van der Waals surface area contributed by atoms with Gasteiger partial charge in [-0.25, -0.2) is 13.4 Å². The zero-order valence-electron chi connectivity index (χ0n) is 18.1. The smallest absolute Gasteiger partial charge is 0.253 e. The lowest BCUT2D eigenvalue weighted by Crippen LogP contribution is -2.18. The molecule has 4 aromatic rings. The molecule has 33 heavy (non-hydrogen) atoms. The maximum atomic E-state index is 12.5. The number of rotatable bonds is 6. The molecule has 10 heteroatoms. The van der Waals surface area contributed by atoms with Crippen molar-refractivity contribution in [2.24, 2.45) is 0 Å². The van der Waals surface area contributed by atoms with Gasteiger partial charge in [0.2, 0.25) is 10.0 Å². The number of hydrogen-bond donors (Lipinski definition) is 3. The van der Waals surface area contributed by atoms with E-state index in [1.807, 2.05) is 12.1 Å². The molecule has 0 unspecified atom stereocenters. The van der Waals surface area contributed by atoms with E-state index in [9.17, 15) is 13.2 Å². The molecule has 3 aromatic carbocycles. The van der Waals surface area contributed by atoms with Crippen LogP contribution in [0, 0.1) is 0 Å². The van der Waals surface area contributed by atoms with Gasteiger partial charge >= 0.3 is 0 Å². The van der Waals surface area contributed by atoms with Crippen LogP contribution in [0.25, 0.3) is 21.8 Å². The fourth-order valence-electron chi connectivity index (χ4n) is 3.60. The van der Waals surface area contributed by atoms with Crippen molar-refractivity contribution in [1.29, 1.82) is 0 Å². The van der Waals surface area contributed by atoms with Crippen LogP contribution in [-0.2, 0) is 10.0 Å². The minimum Gasteiger partial charge on any atom is -0.494 e. The van der Waals surface area contributed by atoms with Gasteiger partial charge in [-0.15, -0.1) is 0 Å². The molecule has 0 aliphatic heterocycles. The van der Waals surface area contributed by atoms with Gasteiger partial charge in [0.25, 0.3) is 5.91 Å². The third kappa shape index (κ3) is 4.64. The van der Waals surface area contributed by atoms with Gasteiger partial charge in [-0.1, -0.05) is 23.7 Å². The molecule has 170 valence electrons. The average molecular weight is 485 g/mol. The van der Waals surface area contributed by atoms with Gasteiger partial charge in [-0.05, 0) is 36.4 Å². The number of amides is 1. The number of para-hydroxylation sites is 1. The van der Waals surface area contributed by atoms with Crippen molar-refractivity contribution in [3.63, 3.8) is 0 Å². The Labute approximate surface area is 196 Å². The predicted octanol–water partition coefficient (Wildman–Crippen LogP) is 4.52. The number of nitrogens with zero attached hydrogens (tertiary/aromatic N) is 1. The highest BCUT2D eigenvalue weighted by Gasteiger charge is 2.17. The van der Waals surface area contributed by atoms with Crippen LogP contribution < -0.4 is 20.1 Å². The van der Waals surface area contributed by atoms with Crippen LogP contribution >= 0.6 is 11.6 Å². The van der Waals surface area contributed by atoms with Crippen LogP contribution in [0.1, 0.15) is 10.4 Å². The number of benzene rings is 3. The number of ether oxygens (including phenoxy) is 1. The largest absolute Gasteiger partial charge is 0.494 e. The van der Waals surface area contributed by atoms with Crippen molar-refractivity contribution in [3.8, 4) is 5.75 Å². The summed E-state index contributed by atoms with van der Waals surface area (Å²) < 4.78 is 31.1. The summed E-state index contributed by atoms with van der Waals surface area (Å²) in [4.78, 5) is 17.2. The van der Waals surface area contributed by atoms with Crippen LogP contribution in [0.2, 0.25) is 5.02 Å². The molecule has 4 rings (SSSR count). The first-order chi connectivity index (χ1) is 15.7. The molecule has 0 saturated carbocycles. The molecule has 3 N–H and O–H groups in total. The third-order valence-electron chi connectivity index (χ3n) is 5.00. The van der Waals surface area contributed by atoms with Gasteiger partial charge in [-0.2, -0.15) is 0 Å². The Kier molecular flexibility index (Phi) is 6.01. The molecule has 8 nitrogen and oxygen atoms in total. The zero-order chi connectivity index (χ0) is 23.8. The molecular formula is C23H21ClN4O4S. The van der Waals surface area contributed by atoms with E-state index in [2.05, 4.69) is 15.4 Å². The molecule has 0 atom stereocenters. The van der Waals surface area contributed by atoms with E-state index in [-0.39, 0.29) is 5.91 Å². The first-order valence-electron chi connectivity index (χ1n) is 9.87. The lowest BCUT2D eigenvalue weighted by atomic mass is 10.0. The lowest BCUT2D eigenvalue weighted by molar-refractivity contribution is 0.0964. The van der Waals surface area contributed by atoms with Gasteiger partial charge in [-0.3, -0.25) is 9.52 Å². The molecule has 0 radical (unpaired) electrons. The van der Waals surface area contributed by atoms with Gasteiger partial charge in [0.1, 0.15) is 5.75 Å². The number of hydrogen-bond acceptors (Lipinski definition) is 6. The van der Waals surface area contributed by atoms with Crippen molar-refractivity contribution >= 4 is 66.4 Å². The van der Waals surface area contributed by atoms with Crippen molar-refractivity contribution < 1.29 is 17.9 Å². The van der Waals surface area contributed by atoms with E-state index in [0.717, 1.165) is 17.0 Å². The molecule has 0 saturated heterocycles. The minimum atomic E-state index is -3.44. The Morgan fingerprint density at radius 1 is 1.06 bits per heavy atom. The third-order valence-corrected chi connectivity index (χ3v) is 5.84. The molecule has 0 spiro atoms. The number of carbonyl (C=O) groups is 1. The van der Waals surface area contributed by atoms with Crippen molar-refractivity contribution in [2.75, 3.05) is 30.5 Å². The van der Waals surface area contributed by atoms with Crippen LogP contribution in [-0.4, -0.2) is 39.7 Å². The highest BCUT2D eigenvalue weighted by molar-refractivity contribution is 7.92. The highest BCUT2D eigenvalue weighted by Crippen LogP contribution is 2.38. The lowest BCUT2D eigenvalue weighted by Gasteiger charge is -2.17. The van der Waals surface area contributed by atoms with E-state index >= 15 is 0 Å². The van der Waals surface area contributed by atoms with Gasteiger partial charge in [0, 0.05) is 28.9 Å². The second-order valence-corrected chi connectivity index (χ2v) is 9.53. The quantitative estimate of drug-likeness (QED) is 0.347. The SMILES string of the molecule is CNC(=O)c1cccc2c(Nc3ccc(NS(C)(=O)=O)cc3OC)c3ccc(Cl)cc3nc12. The monoisotopic (exact) mass is 484 g/mol. The number of nitrogens with one attached hydrogen (secondary N) is 3. The van der Waals surface area contributed by atoms with Crippen molar-refractivity contribution in [2.45, 2.75) is 0 Å². The van der Waals surface area contributed by atoms with Crippen molar-refractivity contribution in [3.05, 3.63) is 65.2 Å². The Bertz CT molecular complexity index is 1510. The van der Waals surface area contributed by atoms with Gasteiger partial charge in [0.15, 0.2) is 0 Å². The minimum absolute atomic E-state index is 0.255. The van der Waals surface area contributed by atoms with Crippen LogP contribution in [0.15, 0.2) is 54.6 Å². The second kappa shape index (κ2) is 8.76. The maximum absolute atomic E-state index is 12.5. The summed E-state index contributed by atoms with van der Waals surface area (Å²) in [5.41, 5.74) is 3.24. The number of sulfonamides is 1. The van der Waals surface area contributed by atoms with E-state index < -0.39 is 10.0 Å². The molecule has 1 amide bonds. The number of methoxy groups -OCH3 is 1. The number of carbonyl (C=O) groups excluding carboxylic acids is 1. The molecular weight excluding hydrogens is 464 g/mol. The van der Waals surface area contributed by atoms with Gasteiger partial charge < -0.3 is 15.4 Å². The number of aromatic nitrogens is 1. The Morgan fingerprint density at radius 2 is 1.85 bits per heavy atom. The summed E-state index contributed by atoms with van der Waals surface area (Å²) in [5.74, 6) is 0.174. The first-order valence-corrected chi connectivity index (χ1v) is 12.1. The summed E-state index contributed by atoms with van der Waals surface area (Å²) in [6.07, 6.45) is 1.08. The molecule has 0 bridgehead atoms. The van der Waals surface area contributed by atoms with Gasteiger partial charge in [0.05, 0.1) is 47.0 Å². The summed E-state index contributed by atoms with van der Waals surface area (Å²) >= 11 is 6.21. The van der Waals surface area contributed by atoms with E-state index in [1.165, 1.54) is 7.11 Å². The number of pyridine rings is 1. The van der Waals surface area contributed by atoms with E-state index in [4.69, 9.17) is 21.3 Å². The fourth-order valence-corrected chi connectivity index (χ4v) is 4.32. The Morgan fingerprint density at radius 3 is 2.55 bits per heavy atom. The first kappa shape index (κ1) is 22.6. The highest BCUT2D eigenvalue weighted by atomic mass is 35.5. The van der Waals surface area contributed by atoms with Crippen LogP contribution in [0.3, 0.4) is 0 Å². The predicted molar refractivity (Wildman–Crippen MR) is 132 cm³/mol. The number of halogens is 1. The Hall–Kier alpha value is -3.56. The van der Waals surface area contributed by atoms with E-state index in [0.29, 0.717) is 44.4 Å². The normalized spacial score (nSPS) is 11.4. The number of fused-ring (bicyclic) bond motifs is 2. The molecule has 0 aliphatic carbocycles. The summed E-state index contributed by atoms with van der Waals surface area (Å²) in [6, 6.07) is 15.6. The summed E-state index contributed by atoms with van der Waals surface area (Å²) in [7, 11) is -0.374. The molecule has 0 aliphatic rings. The van der Waals surface area contributed by atoms with E-state index in [1.54, 1.807) is 49.5 Å².